The van der Waals surface area contributed by atoms with Gasteiger partial charge in [0.05, 0.1) is 0 Å². The van der Waals surface area contributed by atoms with Gasteiger partial charge in [-0.15, -0.1) is 0 Å². The molecule has 1 atom stereocenters. The molecule has 0 spiro atoms. The quantitative estimate of drug-likeness (QED) is 0.0262. The van der Waals surface area contributed by atoms with Crippen molar-refractivity contribution in [3.63, 3.8) is 0 Å². The maximum Gasteiger partial charge on any atom is 0.306 e. The number of esters is 3. The average molecular weight is 946 g/mol. The lowest BCUT2D eigenvalue weighted by molar-refractivity contribution is -0.167. The van der Waals surface area contributed by atoms with Crippen molar-refractivity contribution < 1.29 is 28.6 Å². The Morgan fingerprint density at radius 2 is 0.574 bits per heavy atom. The fourth-order valence-corrected chi connectivity index (χ4v) is 7.59. The normalized spacial score (nSPS) is 12.8. The summed E-state index contributed by atoms with van der Waals surface area (Å²) in [6.45, 7) is 6.45. The zero-order valence-electron chi connectivity index (χ0n) is 44.3. The molecule has 68 heavy (non-hydrogen) atoms. The number of hydrogen-bond donors (Lipinski definition) is 0. The van der Waals surface area contributed by atoms with Gasteiger partial charge in [0.25, 0.3) is 0 Å². The largest absolute Gasteiger partial charge is 0.462 e. The molecule has 0 aromatic carbocycles. The lowest BCUT2D eigenvalue weighted by atomic mass is 10.1. The van der Waals surface area contributed by atoms with Crippen molar-refractivity contribution in [1.29, 1.82) is 0 Å². The second kappa shape index (κ2) is 55.9. The molecule has 1 unspecified atom stereocenters. The summed E-state index contributed by atoms with van der Waals surface area (Å²) < 4.78 is 16.8. The summed E-state index contributed by atoms with van der Waals surface area (Å²) in [4.78, 5) is 37.9. The molecule has 0 amide bonds. The molecule has 0 radical (unpaired) electrons. The van der Waals surface area contributed by atoms with E-state index in [1.54, 1.807) is 0 Å². The van der Waals surface area contributed by atoms with E-state index in [9.17, 15) is 14.4 Å². The van der Waals surface area contributed by atoms with Gasteiger partial charge in [0.1, 0.15) is 13.2 Å². The van der Waals surface area contributed by atoms with E-state index < -0.39 is 6.10 Å². The Morgan fingerprint density at radius 3 is 0.912 bits per heavy atom. The van der Waals surface area contributed by atoms with Crippen LogP contribution in [0.25, 0.3) is 0 Å². The van der Waals surface area contributed by atoms with Gasteiger partial charge >= 0.3 is 17.9 Å². The summed E-state index contributed by atoms with van der Waals surface area (Å²) in [5.41, 5.74) is 0. The van der Waals surface area contributed by atoms with Gasteiger partial charge in [-0.1, -0.05) is 234 Å². The van der Waals surface area contributed by atoms with Crippen LogP contribution in [0, 0.1) is 0 Å². The predicted molar refractivity (Wildman–Crippen MR) is 293 cm³/mol. The Hall–Kier alpha value is -3.67. The van der Waals surface area contributed by atoms with Crippen LogP contribution in [0.3, 0.4) is 0 Å². The highest BCUT2D eigenvalue weighted by Crippen LogP contribution is 2.14. The molecule has 0 N–H and O–H groups in total. The fraction of sp³-hybridized carbons (Fsp3) is 0.694. The van der Waals surface area contributed by atoms with Gasteiger partial charge in [-0.05, 0) is 103 Å². The van der Waals surface area contributed by atoms with Crippen molar-refractivity contribution in [3.8, 4) is 0 Å². The summed E-state index contributed by atoms with van der Waals surface area (Å²) in [7, 11) is 0. The molecule has 0 bridgehead atoms. The zero-order chi connectivity index (χ0) is 49.3. The van der Waals surface area contributed by atoms with Crippen molar-refractivity contribution in [2.45, 2.75) is 264 Å². The van der Waals surface area contributed by atoms with E-state index in [4.69, 9.17) is 14.2 Å². The molecule has 0 aliphatic carbocycles. The first kappa shape index (κ1) is 64.3. The predicted octanol–water partition coefficient (Wildman–Crippen LogP) is 18.9. The molecule has 6 heteroatoms. The maximum atomic E-state index is 12.8. The molecule has 0 rings (SSSR count). The van der Waals surface area contributed by atoms with E-state index in [0.29, 0.717) is 19.3 Å². The van der Waals surface area contributed by atoms with Gasteiger partial charge in [-0.3, -0.25) is 14.4 Å². The van der Waals surface area contributed by atoms with Crippen LogP contribution in [-0.4, -0.2) is 37.2 Å². The Bertz CT molecular complexity index is 1360. The van der Waals surface area contributed by atoms with Crippen LogP contribution in [0.2, 0.25) is 0 Å². The smallest absolute Gasteiger partial charge is 0.306 e. The van der Waals surface area contributed by atoms with Crippen LogP contribution < -0.4 is 0 Å². The van der Waals surface area contributed by atoms with E-state index in [2.05, 4.69) is 118 Å². The number of carbonyl (C=O) groups is 3. The van der Waals surface area contributed by atoms with E-state index >= 15 is 0 Å². The van der Waals surface area contributed by atoms with Gasteiger partial charge in [0.2, 0.25) is 0 Å². The summed E-state index contributed by atoms with van der Waals surface area (Å²) in [6, 6.07) is 0. The van der Waals surface area contributed by atoms with Crippen LogP contribution >= 0.6 is 0 Å². The molecule has 0 heterocycles. The van der Waals surface area contributed by atoms with E-state index in [-0.39, 0.29) is 31.1 Å². The molecule has 0 saturated heterocycles. The van der Waals surface area contributed by atoms with Crippen LogP contribution in [0.1, 0.15) is 258 Å². The molecular weight excluding hydrogens is 841 g/mol. The first-order valence-corrected chi connectivity index (χ1v) is 28.2. The van der Waals surface area contributed by atoms with Gasteiger partial charge in [-0.2, -0.15) is 0 Å². The fourth-order valence-electron chi connectivity index (χ4n) is 7.59. The minimum atomic E-state index is -0.786. The highest BCUT2D eigenvalue weighted by molar-refractivity contribution is 5.71. The van der Waals surface area contributed by atoms with Gasteiger partial charge in [0, 0.05) is 19.3 Å². The number of unbranched alkanes of at least 4 members (excludes halogenated alkanes) is 23. The Morgan fingerprint density at radius 1 is 0.309 bits per heavy atom. The summed E-state index contributed by atoms with van der Waals surface area (Å²) in [6.07, 6.45) is 74.1. The van der Waals surface area contributed by atoms with Gasteiger partial charge < -0.3 is 14.2 Å². The van der Waals surface area contributed by atoms with E-state index in [0.717, 1.165) is 128 Å². The lowest BCUT2D eigenvalue weighted by Gasteiger charge is -2.18. The third-order valence-electron chi connectivity index (χ3n) is 11.8. The number of ether oxygens (including phenoxy) is 3. The monoisotopic (exact) mass is 945 g/mol. The number of rotatable bonds is 50. The SMILES string of the molecule is CC/C=C\C/C=C\C/C=C\C/C=C\C/C=C\C/C=C\CCCCCCCCCCC(=O)OCC(COC(=O)CCCCCCCCC)OC(=O)CCCCCCC/C=C\C/C=C\CCCCCC. The van der Waals surface area contributed by atoms with Crippen LogP contribution in [0.5, 0.6) is 0 Å². The molecule has 0 aromatic heterocycles. The van der Waals surface area contributed by atoms with Crippen molar-refractivity contribution in [1.82, 2.24) is 0 Å². The zero-order valence-corrected chi connectivity index (χ0v) is 44.3. The number of allylic oxidation sites excluding steroid dienone is 16. The van der Waals surface area contributed by atoms with E-state index in [1.165, 1.54) is 89.9 Å². The highest BCUT2D eigenvalue weighted by Gasteiger charge is 2.19. The number of hydrogen-bond acceptors (Lipinski definition) is 6. The minimum Gasteiger partial charge on any atom is -0.462 e. The molecule has 0 saturated carbocycles. The van der Waals surface area contributed by atoms with Gasteiger partial charge in [-0.25, -0.2) is 0 Å². The maximum absolute atomic E-state index is 12.8. The van der Waals surface area contributed by atoms with Gasteiger partial charge in [0.15, 0.2) is 6.10 Å². The van der Waals surface area contributed by atoms with Crippen LogP contribution in [-0.2, 0) is 28.6 Å². The van der Waals surface area contributed by atoms with Crippen molar-refractivity contribution in [2.75, 3.05) is 13.2 Å². The standard InChI is InChI=1S/C62H104O6/c1-4-7-10-13-16-18-20-22-24-26-27-28-29-30-31-32-33-34-35-36-38-39-41-43-46-49-52-55-61(64)67-58-59(57-66-60(63)54-51-48-45-15-12-9-6-3)68-62(65)56-53-50-47-44-42-40-37-25-23-21-19-17-14-11-8-5-2/h7,10,16,18-19,21-22,24-25,27-28,30-31,33-34,37,59H,4-6,8-9,11-15,17,20,23,26,29,32,35-36,38-58H2,1-3H3/b10-7-,18-16-,21-19-,24-22-,28-27-,31-30-,34-33-,37-25-. The van der Waals surface area contributed by atoms with E-state index in [1.807, 2.05) is 0 Å². The third-order valence-corrected chi connectivity index (χ3v) is 11.8. The van der Waals surface area contributed by atoms with Crippen molar-refractivity contribution >= 4 is 17.9 Å². The topological polar surface area (TPSA) is 78.9 Å². The molecule has 0 fully saturated rings. The highest BCUT2D eigenvalue weighted by atomic mass is 16.6. The Balaban J connectivity index is 4.22. The van der Waals surface area contributed by atoms with Crippen LogP contribution in [0.4, 0.5) is 0 Å². The van der Waals surface area contributed by atoms with Crippen LogP contribution in [0.15, 0.2) is 97.2 Å². The Kier molecular flexibility index (Phi) is 52.9. The summed E-state index contributed by atoms with van der Waals surface area (Å²) in [5.74, 6) is -0.914. The molecular formula is C62H104O6. The molecule has 0 aromatic rings. The van der Waals surface area contributed by atoms with Crippen molar-refractivity contribution in [3.05, 3.63) is 97.2 Å². The number of carbonyl (C=O) groups excluding carboxylic acids is 3. The average Bonchev–Trinajstić information content (AvgIpc) is 3.34. The minimum absolute atomic E-state index is 0.0853. The van der Waals surface area contributed by atoms with Crippen molar-refractivity contribution in [2.24, 2.45) is 0 Å². The molecule has 0 aliphatic rings. The second-order valence-corrected chi connectivity index (χ2v) is 18.5. The Labute approximate surface area is 419 Å². The molecule has 388 valence electrons. The molecule has 0 aliphatic heterocycles. The summed E-state index contributed by atoms with van der Waals surface area (Å²) >= 11 is 0. The summed E-state index contributed by atoms with van der Waals surface area (Å²) in [5, 5.41) is 0. The second-order valence-electron chi connectivity index (χ2n) is 18.5. The first-order valence-electron chi connectivity index (χ1n) is 28.2. The first-order chi connectivity index (χ1) is 33.5. The molecule has 6 nitrogen and oxygen atoms in total. The lowest BCUT2D eigenvalue weighted by Crippen LogP contribution is -2.30. The third kappa shape index (κ3) is 53.3.